The van der Waals surface area contributed by atoms with Crippen LogP contribution < -0.4 is 9.03 Å². The Hall–Kier alpha value is -3.43. The maximum Gasteiger partial charge on any atom is 0.261 e. The summed E-state index contributed by atoms with van der Waals surface area (Å²) in [5.74, 6) is 0.107. The van der Waals surface area contributed by atoms with Crippen molar-refractivity contribution < 1.29 is 16.8 Å². The molecular formula is C25H23N3O4S2. The number of hydrogen-bond acceptors (Lipinski definition) is 5. The van der Waals surface area contributed by atoms with Crippen LogP contribution in [-0.4, -0.2) is 34.1 Å². The SMILES string of the molecule is Cc1ccc(NS(=O)(=O)c2ccc(N3CCCS3(=O)=O)cc2)cc1-c1nccc2ccccc12. The van der Waals surface area contributed by atoms with Crippen LogP contribution in [0, 0.1) is 6.92 Å². The van der Waals surface area contributed by atoms with E-state index in [1.807, 2.05) is 43.3 Å². The lowest BCUT2D eigenvalue weighted by Crippen LogP contribution is -2.25. The van der Waals surface area contributed by atoms with Crippen LogP contribution in [0.2, 0.25) is 0 Å². The Morgan fingerprint density at radius 2 is 1.74 bits per heavy atom. The molecular weight excluding hydrogens is 470 g/mol. The number of anilines is 2. The van der Waals surface area contributed by atoms with E-state index in [1.54, 1.807) is 18.3 Å². The monoisotopic (exact) mass is 493 g/mol. The molecule has 3 aromatic carbocycles. The Labute approximate surface area is 199 Å². The van der Waals surface area contributed by atoms with Gasteiger partial charge in [0, 0.05) is 29.4 Å². The number of sulfonamides is 2. The van der Waals surface area contributed by atoms with Gasteiger partial charge in [0.05, 0.1) is 22.0 Å². The van der Waals surface area contributed by atoms with Gasteiger partial charge >= 0.3 is 0 Å². The van der Waals surface area contributed by atoms with Gasteiger partial charge in [-0.25, -0.2) is 16.8 Å². The Kier molecular flexibility index (Phi) is 5.53. The number of aromatic nitrogens is 1. The molecule has 1 aliphatic heterocycles. The Bertz CT molecular complexity index is 1590. The third-order valence-electron chi connectivity index (χ3n) is 5.95. The first-order valence-corrected chi connectivity index (χ1v) is 13.9. The second-order valence-electron chi connectivity index (χ2n) is 8.25. The lowest BCUT2D eigenvalue weighted by atomic mass is 10.00. The average molecular weight is 494 g/mol. The lowest BCUT2D eigenvalue weighted by molar-refractivity contribution is 0.599. The summed E-state index contributed by atoms with van der Waals surface area (Å²) in [6.45, 7) is 2.36. The number of fused-ring (bicyclic) bond motifs is 1. The summed E-state index contributed by atoms with van der Waals surface area (Å²) >= 11 is 0. The van der Waals surface area contributed by atoms with E-state index in [-0.39, 0.29) is 10.6 Å². The van der Waals surface area contributed by atoms with E-state index in [4.69, 9.17) is 0 Å². The molecule has 5 rings (SSSR count). The second-order valence-corrected chi connectivity index (χ2v) is 11.9. The zero-order chi connectivity index (χ0) is 23.9. The van der Waals surface area contributed by atoms with Crippen molar-refractivity contribution in [2.45, 2.75) is 18.2 Å². The quantitative estimate of drug-likeness (QED) is 0.440. The van der Waals surface area contributed by atoms with E-state index in [0.29, 0.717) is 24.3 Å². The minimum Gasteiger partial charge on any atom is -0.280 e. The Morgan fingerprint density at radius 1 is 0.971 bits per heavy atom. The molecule has 1 saturated heterocycles. The molecule has 1 N–H and O–H groups in total. The molecule has 1 aromatic heterocycles. The molecule has 7 nitrogen and oxygen atoms in total. The molecule has 0 saturated carbocycles. The van der Waals surface area contributed by atoms with Gasteiger partial charge in [0.1, 0.15) is 0 Å². The summed E-state index contributed by atoms with van der Waals surface area (Å²) in [5.41, 5.74) is 3.49. The number of nitrogens with zero attached hydrogens (tertiary/aromatic N) is 2. The van der Waals surface area contributed by atoms with Crippen molar-refractivity contribution in [3.8, 4) is 11.3 Å². The van der Waals surface area contributed by atoms with Gasteiger partial charge in [-0.2, -0.15) is 0 Å². The maximum absolute atomic E-state index is 13.0. The highest BCUT2D eigenvalue weighted by atomic mass is 32.2. The highest BCUT2D eigenvalue weighted by Crippen LogP contribution is 2.32. The smallest absolute Gasteiger partial charge is 0.261 e. The molecule has 34 heavy (non-hydrogen) atoms. The second kappa shape index (κ2) is 8.41. The molecule has 2 heterocycles. The van der Waals surface area contributed by atoms with E-state index in [0.717, 1.165) is 27.6 Å². The summed E-state index contributed by atoms with van der Waals surface area (Å²) in [6.07, 6.45) is 2.31. The van der Waals surface area contributed by atoms with Crippen molar-refractivity contribution >= 4 is 42.2 Å². The van der Waals surface area contributed by atoms with Crippen LogP contribution in [-0.2, 0) is 20.0 Å². The maximum atomic E-state index is 13.0. The highest BCUT2D eigenvalue weighted by Gasteiger charge is 2.28. The molecule has 0 bridgehead atoms. The minimum absolute atomic E-state index is 0.0539. The number of pyridine rings is 1. The number of nitrogens with one attached hydrogen (secondary N) is 1. The summed E-state index contributed by atoms with van der Waals surface area (Å²) in [6, 6.07) is 21.1. The third-order valence-corrected chi connectivity index (χ3v) is 9.22. The number of benzene rings is 3. The fraction of sp³-hybridized carbons (Fsp3) is 0.160. The Morgan fingerprint density at radius 3 is 2.47 bits per heavy atom. The largest absolute Gasteiger partial charge is 0.280 e. The molecule has 0 radical (unpaired) electrons. The summed E-state index contributed by atoms with van der Waals surface area (Å²) < 4.78 is 54.3. The molecule has 174 valence electrons. The van der Waals surface area contributed by atoms with Gasteiger partial charge in [0.2, 0.25) is 10.0 Å². The molecule has 0 amide bonds. The van der Waals surface area contributed by atoms with Gasteiger partial charge in [-0.05, 0) is 66.8 Å². The van der Waals surface area contributed by atoms with E-state index >= 15 is 0 Å². The van der Waals surface area contributed by atoms with Crippen molar-refractivity contribution in [3.63, 3.8) is 0 Å². The predicted molar refractivity (Wildman–Crippen MR) is 135 cm³/mol. The van der Waals surface area contributed by atoms with E-state index < -0.39 is 20.0 Å². The molecule has 0 aliphatic carbocycles. The van der Waals surface area contributed by atoms with Crippen LogP contribution in [0.1, 0.15) is 12.0 Å². The van der Waals surface area contributed by atoms with Crippen LogP contribution in [0.5, 0.6) is 0 Å². The van der Waals surface area contributed by atoms with Crippen molar-refractivity contribution in [3.05, 3.63) is 84.6 Å². The van der Waals surface area contributed by atoms with E-state index in [9.17, 15) is 16.8 Å². The molecule has 0 spiro atoms. The zero-order valence-corrected chi connectivity index (χ0v) is 20.1. The van der Waals surface area contributed by atoms with Gasteiger partial charge in [-0.1, -0.05) is 30.3 Å². The highest BCUT2D eigenvalue weighted by molar-refractivity contribution is 7.93. The van der Waals surface area contributed by atoms with Crippen molar-refractivity contribution in [2.24, 2.45) is 0 Å². The minimum atomic E-state index is -3.88. The molecule has 1 aliphatic rings. The van der Waals surface area contributed by atoms with Crippen LogP contribution in [0.15, 0.2) is 83.9 Å². The van der Waals surface area contributed by atoms with Gasteiger partial charge in [0.25, 0.3) is 10.0 Å². The summed E-state index contributed by atoms with van der Waals surface area (Å²) in [5, 5.41) is 2.04. The fourth-order valence-corrected chi connectivity index (χ4v) is 6.82. The van der Waals surface area contributed by atoms with E-state index in [2.05, 4.69) is 9.71 Å². The molecule has 0 unspecified atom stereocenters. The fourth-order valence-electron chi connectivity index (χ4n) is 4.21. The summed E-state index contributed by atoms with van der Waals surface area (Å²) in [7, 11) is -7.20. The molecule has 1 fully saturated rings. The van der Waals surface area contributed by atoms with Crippen LogP contribution in [0.3, 0.4) is 0 Å². The standard InChI is InChI=1S/C25H23N3O4S2/c1-18-7-8-20(17-24(18)25-23-6-3-2-5-19(23)13-14-26-25)27-34(31,32)22-11-9-21(10-12-22)28-15-4-16-33(28,29)30/h2-3,5-14,17,27H,4,15-16H2,1H3. The van der Waals surface area contributed by atoms with Gasteiger partial charge < -0.3 is 0 Å². The number of rotatable bonds is 5. The first-order chi connectivity index (χ1) is 16.2. The van der Waals surface area contributed by atoms with Crippen molar-refractivity contribution in [1.29, 1.82) is 0 Å². The number of hydrogen-bond donors (Lipinski definition) is 1. The third kappa shape index (κ3) is 4.12. The first kappa shape index (κ1) is 22.4. The first-order valence-electron chi connectivity index (χ1n) is 10.8. The van der Waals surface area contributed by atoms with Gasteiger partial charge in [-0.15, -0.1) is 0 Å². The van der Waals surface area contributed by atoms with E-state index in [1.165, 1.54) is 28.6 Å². The van der Waals surface area contributed by atoms with Crippen LogP contribution in [0.25, 0.3) is 22.0 Å². The molecule has 4 aromatic rings. The zero-order valence-electron chi connectivity index (χ0n) is 18.5. The molecule has 0 atom stereocenters. The van der Waals surface area contributed by atoms with Crippen LogP contribution >= 0.6 is 0 Å². The topological polar surface area (TPSA) is 96.4 Å². The average Bonchev–Trinajstić information content (AvgIpc) is 3.19. The normalized spacial score (nSPS) is 15.5. The van der Waals surface area contributed by atoms with Crippen molar-refractivity contribution in [2.75, 3.05) is 21.3 Å². The number of aryl methyl sites for hydroxylation is 1. The Balaban J connectivity index is 1.45. The van der Waals surface area contributed by atoms with Gasteiger partial charge in [0.15, 0.2) is 0 Å². The molecule has 9 heteroatoms. The van der Waals surface area contributed by atoms with Gasteiger partial charge in [-0.3, -0.25) is 14.0 Å². The van der Waals surface area contributed by atoms with Crippen LogP contribution in [0.4, 0.5) is 11.4 Å². The lowest BCUT2D eigenvalue weighted by Gasteiger charge is -2.17. The summed E-state index contributed by atoms with van der Waals surface area (Å²) in [4.78, 5) is 4.62. The predicted octanol–water partition coefficient (Wildman–Crippen LogP) is 4.55. The van der Waals surface area contributed by atoms with Crippen molar-refractivity contribution in [1.82, 2.24) is 4.98 Å².